The third-order valence-electron chi connectivity index (χ3n) is 4.38. The highest BCUT2D eigenvalue weighted by molar-refractivity contribution is 7.98. The molecule has 1 heterocycles. The van der Waals surface area contributed by atoms with E-state index in [1.807, 2.05) is 32.4 Å². The maximum Gasteiger partial charge on any atom is 0.411 e. The van der Waals surface area contributed by atoms with Crippen LogP contribution in [0.5, 0.6) is 0 Å². The van der Waals surface area contributed by atoms with Crippen LogP contribution in [0.25, 0.3) is 22.2 Å². The number of fused-ring (bicyclic) bond motifs is 1. The molecular formula is C22H21NO4S2. The highest BCUT2D eigenvalue weighted by atomic mass is 32.2. The Hall–Kier alpha value is -2.61. The zero-order valence-electron chi connectivity index (χ0n) is 16.3. The van der Waals surface area contributed by atoms with E-state index in [1.54, 1.807) is 23.9 Å². The first kappa shape index (κ1) is 21.1. The minimum atomic E-state index is -4.27. The van der Waals surface area contributed by atoms with Crippen molar-refractivity contribution >= 4 is 33.0 Å². The number of rotatable bonds is 3. The molecule has 29 heavy (non-hydrogen) atoms. The summed E-state index contributed by atoms with van der Waals surface area (Å²) in [6, 6.07) is 22.5. The van der Waals surface area contributed by atoms with Gasteiger partial charge in [0, 0.05) is 6.07 Å². The largest absolute Gasteiger partial charge is 0.744 e. The molecule has 0 fully saturated rings. The monoisotopic (exact) mass is 427 g/mol. The zero-order valence-corrected chi connectivity index (χ0v) is 18.0. The summed E-state index contributed by atoms with van der Waals surface area (Å²) in [5, 5.41) is 0.926. The molecule has 0 amide bonds. The molecule has 0 bridgehead atoms. The number of hydrogen-bond donors (Lipinski definition) is 0. The van der Waals surface area contributed by atoms with Crippen molar-refractivity contribution in [3.8, 4) is 11.1 Å². The summed E-state index contributed by atoms with van der Waals surface area (Å²) in [6.07, 6.45) is 2.02. The summed E-state index contributed by atoms with van der Waals surface area (Å²) < 4.78 is 39.0. The van der Waals surface area contributed by atoms with Crippen molar-refractivity contribution in [2.24, 2.45) is 7.05 Å². The number of oxazole rings is 1. The van der Waals surface area contributed by atoms with Crippen LogP contribution in [-0.2, 0) is 17.2 Å². The second kappa shape index (κ2) is 8.82. The van der Waals surface area contributed by atoms with Gasteiger partial charge in [-0.3, -0.25) is 0 Å². The zero-order chi connectivity index (χ0) is 21.0. The Labute approximate surface area is 174 Å². The third-order valence-corrected chi connectivity index (χ3v) is 5.94. The molecule has 0 spiro atoms. The summed E-state index contributed by atoms with van der Waals surface area (Å²) >= 11 is 1.62. The van der Waals surface area contributed by atoms with Crippen LogP contribution in [-0.4, -0.2) is 19.2 Å². The molecule has 0 saturated carbocycles. The van der Waals surface area contributed by atoms with Crippen molar-refractivity contribution in [3.05, 3.63) is 78.4 Å². The molecule has 1 aromatic heterocycles. The molecular weight excluding hydrogens is 406 g/mol. The molecule has 0 aliphatic carbocycles. The summed E-state index contributed by atoms with van der Waals surface area (Å²) in [5.41, 5.74) is 5.43. The minimum absolute atomic E-state index is 0.178. The van der Waals surface area contributed by atoms with Gasteiger partial charge in [-0.1, -0.05) is 54.1 Å². The number of aromatic nitrogens is 1. The average molecular weight is 428 g/mol. The van der Waals surface area contributed by atoms with E-state index in [0.717, 1.165) is 21.9 Å². The van der Waals surface area contributed by atoms with Gasteiger partial charge in [-0.2, -0.15) is 4.57 Å². The molecule has 4 aromatic rings. The van der Waals surface area contributed by atoms with Crippen molar-refractivity contribution in [2.45, 2.75) is 17.0 Å². The average Bonchev–Trinajstić information content (AvgIpc) is 3.04. The Morgan fingerprint density at radius 1 is 0.931 bits per heavy atom. The summed E-state index contributed by atoms with van der Waals surface area (Å²) in [5.74, 6) is 0. The number of aryl methyl sites for hydroxylation is 2. The molecule has 0 unspecified atom stereocenters. The van der Waals surface area contributed by atoms with Crippen LogP contribution in [0.15, 0.2) is 87.3 Å². The number of hydrogen-bond acceptors (Lipinski definition) is 5. The van der Waals surface area contributed by atoms with Crippen LogP contribution in [0.1, 0.15) is 5.56 Å². The Kier molecular flexibility index (Phi) is 6.42. The molecule has 0 atom stereocenters. The number of nitrogens with zero attached hydrogens (tertiary/aromatic N) is 1. The first-order chi connectivity index (χ1) is 13.8. The molecule has 4 rings (SSSR count). The lowest BCUT2D eigenvalue weighted by Gasteiger charge is -2.05. The molecule has 0 N–H and O–H groups in total. The topological polar surface area (TPSA) is 74.2 Å². The lowest BCUT2D eigenvalue weighted by molar-refractivity contribution is -0.692. The lowest BCUT2D eigenvalue weighted by atomic mass is 10.1. The Morgan fingerprint density at radius 3 is 2.17 bits per heavy atom. The maximum absolute atomic E-state index is 10.4. The van der Waals surface area contributed by atoms with E-state index in [0.29, 0.717) is 0 Å². The maximum atomic E-state index is 10.4. The van der Waals surface area contributed by atoms with Gasteiger partial charge < -0.3 is 8.97 Å². The van der Waals surface area contributed by atoms with Gasteiger partial charge in [0.1, 0.15) is 17.2 Å². The van der Waals surface area contributed by atoms with Crippen LogP contribution in [0.2, 0.25) is 0 Å². The minimum Gasteiger partial charge on any atom is -0.744 e. The molecule has 0 aliphatic heterocycles. The SMILES string of the molecule is CSc1oc2ccc(-c3ccccc3)cc2[n+]1C.Cc1ccc(S(=O)(=O)[O-])cc1. The van der Waals surface area contributed by atoms with Crippen molar-refractivity contribution in [2.75, 3.05) is 6.26 Å². The lowest BCUT2D eigenvalue weighted by Crippen LogP contribution is -2.28. The standard InChI is InChI=1S/C15H14NOS.C7H8O3S/c1-16-13-10-12(11-6-4-3-5-7-11)8-9-14(13)17-15(16)18-2;1-6-2-4-7(5-3-6)11(8,9)10/h3-10H,1-2H3;2-5H,1H3,(H,8,9,10)/q+1;/p-1. The Balaban J connectivity index is 0.000000188. The van der Waals surface area contributed by atoms with E-state index >= 15 is 0 Å². The fourth-order valence-electron chi connectivity index (χ4n) is 2.82. The van der Waals surface area contributed by atoms with E-state index in [9.17, 15) is 13.0 Å². The molecule has 150 valence electrons. The van der Waals surface area contributed by atoms with E-state index < -0.39 is 10.1 Å². The van der Waals surface area contributed by atoms with Crippen molar-refractivity contribution in [1.82, 2.24) is 0 Å². The molecule has 3 aromatic carbocycles. The van der Waals surface area contributed by atoms with Crippen molar-refractivity contribution in [1.29, 1.82) is 0 Å². The summed E-state index contributed by atoms with van der Waals surface area (Å²) in [6.45, 7) is 1.82. The second-order valence-electron chi connectivity index (χ2n) is 6.45. The quantitative estimate of drug-likeness (QED) is 0.272. The first-order valence-corrected chi connectivity index (χ1v) is 11.5. The third kappa shape index (κ3) is 5.06. The van der Waals surface area contributed by atoms with Crippen molar-refractivity contribution in [3.63, 3.8) is 0 Å². The van der Waals surface area contributed by atoms with Gasteiger partial charge in [-0.25, -0.2) is 8.42 Å². The fourth-order valence-corrected chi connectivity index (χ4v) is 3.84. The van der Waals surface area contributed by atoms with Gasteiger partial charge in [0.25, 0.3) is 5.52 Å². The van der Waals surface area contributed by atoms with Gasteiger partial charge in [0.15, 0.2) is 0 Å². The van der Waals surface area contributed by atoms with Gasteiger partial charge in [-0.05, 0) is 54.3 Å². The Bertz CT molecular complexity index is 1220. The molecule has 0 saturated heterocycles. The van der Waals surface area contributed by atoms with E-state index in [1.165, 1.54) is 23.3 Å². The highest BCUT2D eigenvalue weighted by Gasteiger charge is 2.18. The van der Waals surface area contributed by atoms with Crippen LogP contribution < -0.4 is 4.57 Å². The fraction of sp³-hybridized carbons (Fsp3) is 0.136. The predicted molar refractivity (Wildman–Crippen MR) is 114 cm³/mol. The Morgan fingerprint density at radius 2 is 1.59 bits per heavy atom. The van der Waals surface area contributed by atoms with Gasteiger partial charge in [0.2, 0.25) is 5.58 Å². The van der Waals surface area contributed by atoms with Crippen LogP contribution >= 0.6 is 11.8 Å². The number of thioether (sulfide) groups is 1. The smallest absolute Gasteiger partial charge is 0.411 e. The van der Waals surface area contributed by atoms with E-state index in [2.05, 4.69) is 41.0 Å². The second-order valence-corrected chi connectivity index (χ2v) is 8.58. The normalized spacial score (nSPS) is 11.2. The van der Waals surface area contributed by atoms with Gasteiger partial charge in [0.05, 0.1) is 4.90 Å². The highest BCUT2D eigenvalue weighted by Crippen LogP contribution is 2.25. The summed E-state index contributed by atoms with van der Waals surface area (Å²) in [4.78, 5) is -0.178. The van der Waals surface area contributed by atoms with Crippen LogP contribution in [0.3, 0.4) is 0 Å². The summed E-state index contributed by atoms with van der Waals surface area (Å²) in [7, 11) is -2.24. The van der Waals surface area contributed by atoms with Gasteiger partial charge >= 0.3 is 5.22 Å². The number of benzene rings is 3. The predicted octanol–water partition coefficient (Wildman–Crippen LogP) is 4.55. The molecule has 7 heteroatoms. The molecule has 0 aliphatic rings. The van der Waals surface area contributed by atoms with Crippen LogP contribution in [0.4, 0.5) is 0 Å². The van der Waals surface area contributed by atoms with E-state index in [4.69, 9.17) is 4.42 Å². The van der Waals surface area contributed by atoms with Crippen LogP contribution in [0, 0.1) is 6.92 Å². The van der Waals surface area contributed by atoms with E-state index in [-0.39, 0.29) is 4.90 Å². The van der Waals surface area contributed by atoms with Gasteiger partial charge in [-0.15, -0.1) is 0 Å². The molecule has 0 radical (unpaired) electrons. The molecule has 5 nitrogen and oxygen atoms in total. The first-order valence-electron chi connectivity index (χ1n) is 8.84. The van der Waals surface area contributed by atoms with Crippen molar-refractivity contribution < 1.29 is 22.0 Å².